The molecule has 0 radical (unpaired) electrons. The third-order valence-corrected chi connectivity index (χ3v) is 11.1. The van der Waals surface area contributed by atoms with Crippen molar-refractivity contribution in [2.45, 2.75) is 77.7 Å². The van der Waals surface area contributed by atoms with Crippen LogP contribution in [0.15, 0.2) is 17.3 Å². The lowest BCUT2D eigenvalue weighted by atomic mass is 9.70. The van der Waals surface area contributed by atoms with Crippen molar-refractivity contribution < 1.29 is 4.43 Å². The fraction of sp³-hybridized carbons (Fsp3) is 0.700. The second-order valence-corrected chi connectivity index (χ2v) is 14.9. The first-order valence-electron chi connectivity index (χ1n) is 9.97. The van der Waals surface area contributed by atoms with E-state index in [2.05, 4.69) is 58.0 Å². The van der Waals surface area contributed by atoms with E-state index in [9.17, 15) is 0 Å². The lowest BCUT2D eigenvalue weighted by Crippen LogP contribution is -2.57. The monoisotopic (exact) mass is 425 g/mol. The molecule has 0 saturated carbocycles. The minimum atomic E-state index is -1.96. The fourth-order valence-corrected chi connectivity index (χ4v) is 4.49. The zero-order chi connectivity index (χ0) is 21.4. The standard InChI is InChI=1S/C20H36ClN5OSi/c1-8-9-10-19(5,13-27-28(6,7)18(2,3)4)20(23)14-11-16(21)24-12-15(14)25-17(22)26-20/h11-12H,8-10,13,23H2,1-7H3,(H3,22,25,26). The molecule has 2 rings (SSSR count). The molecule has 0 bridgehead atoms. The summed E-state index contributed by atoms with van der Waals surface area (Å²) >= 11 is 6.21. The largest absolute Gasteiger partial charge is 0.416 e. The highest BCUT2D eigenvalue weighted by molar-refractivity contribution is 6.74. The summed E-state index contributed by atoms with van der Waals surface area (Å²) in [5.41, 5.74) is 13.2. The molecular weight excluding hydrogens is 390 g/mol. The summed E-state index contributed by atoms with van der Waals surface area (Å²) in [6, 6.07) is 1.79. The highest BCUT2D eigenvalue weighted by atomic mass is 35.5. The average Bonchev–Trinajstić information content (AvgIpc) is 2.58. The minimum absolute atomic E-state index is 0.113. The van der Waals surface area contributed by atoms with E-state index in [0.717, 1.165) is 30.5 Å². The number of fused-ring (bicyclic) bond motifs is 1. The van der Waals surface area contributed by atoms with E-state index in [1.165, 1.54) is 0 Å². The summed E-state index contributed by atoms with van der Waals surface area (Å²) in [6.45, 7) is 16.1. The molecule has 0 saturated heterocycles. The van der Waals surface area contributed by atoms with Gasteiger partial charge in [0.15, 0.2) is 14.3 Å². The van der Waals surface area contributed by atoms with Crippen LogP contribution in [-0.4, -0.2) is 25.9 Å². The van der Waals surface area contributed by atoms with Gasteiger partial charge in [-0.1, -0.05) is 59.1 Å². The quantitative estimate of drug-likeness (QED) is 0.430. The number of aliphatic imine (C=N–C) groups is 1. The topological polar surface area (TPSA) is 98.5 Å². The molecular formula is C20H36ClN5OSi. The molecule has 1 aromatic heterocycles. The molecule has 0 amide bonds. The van der Waals surface area contributed by atoms with Crippen LogP contribution in [0.3, 0.4) is 0 Å². The van der Waals surface area contributed by atoms with Gasteiger partial charge in [0.1, 0.15) is 10.8 Å². The first kappa shape index (κ1) is 23.1. The van der Waals surface area contributed by atoms with Crippen molar-refractivity contribution in [3.05, 3.63) is 23.0 Å². The molecule has 1 aliphatic heterocycles. The lowest BCUT2D eigenvalue weighted by Gasteiger charge is -2.48. The third-order valence-electron chi connectivity index (χ3n) is 6.40. The second kappa shape index (κ2) is 7.93. The van der Waals surface area contributed by atoms with Crippen LogP contribution in [0, 0.1) is 5.41 Å². The molecule has 0 spiro atoms. The zero-order valence-corrected chi connectivity index (χ0v) is 20.1. The number of rotatable bonds is 7. The van der Waals surface area contributed by atoms with Gasteiger partial charge >= 0.3 is 0 Å². The van der Waals surface area contributed by atoms with Gasteiger partial charge in [-0.25, -0.2) is 9.98 Å². The van der Waals surface area contributed by atoms with E-state index in [4.69, 9.17) is 32.5 Å². The summed E-state index contributed by atoms with van der Waals surface area (Å²) in [5, 5.41) is 3.56. The maximum Gasteiger partial charge on any atom is 0.195 e. The smallest absolute Gasteiger partial charge is 0.195 e. The number of nitrogens with zero attached hydrogens (tertiary/aromatic N) is 2. The van der Waals surface area contributed by atoms with Gasteiger partial charge in [0.2, 0.25) is 0 Å². The van der Waals surface area contributed by atoms with Crippen LogP contribution < -0.4 is 16.8 Å². The second-order valence-electron chi connectivity index (χ2n) is 9.65. The number of halogens is 1. The molecule has 0 aromatic carbocycles. The molecule has 0 aliphatic carbocycles. The Morgan fingerprint density at radius 2 is 1.93 bits per heavy atom. The van der Waals surface area contributed by atoms with Crippen LogP contribution in [0.5, 0.6) is 0 Å². The lowest BCUT2D eigenvalue weighted by molar-refractivity contribution is 0.0518. The van der Waals surface area contributed by atoms with Crippen molar-refractivity contribution >= 4 is 31.6 Å². The van der Waals surface area contributed by atoms with Gasteiger partial charge in [0.05, 0.1) is 11.9 Å². The van der Waals surface area contributed by atoms with E-state index in [0.29, 0.717) is 11.8 Å². The highest BCUT2D eigenvalue weighted by Gasteiger charge is 2.51. The molecule has 8 heteroatoms. The molecule has 28 heavy (non-hydrogen) atoms. The minimum Gasteiger partial charge on any atom is -0.416 e. The first-order valence-corrected chi connectivity index (χ1v) is 13.3. The predicted octanol–water partition coefficient (Wildman–Crippen LogP) is 4.81. The van der Waals surface area contributed by atoms with Crippen LogP contribution >= 0.6 is 11.6 Å². The molecule has 0 fully saturated rings. The van der Waals surface area contributed by atoms with Crippen molar-refractivity contribution in [3.8, 4) is 0 Å². The molecule has 5 N–H and O–H groups in total. The van der Waals surface area contributed by atoms with Gasteiger partial charge in [-0.15, -0.1) is 0 Å². The van der Waals surface area contributed by atoms with E-state index >= 15 is 0 Å². The number of nitrogens with two attached hydrogens (primary N) is 2. The SMILES string of the molecule is CCCCC(C)(CO[Si](C)(C)C(C)(C)C)C1(N)N=C(N)Nc2cnc(Cl)cc21. The third kappa shape index (κ3) is 4.37. The van der Waals surface area contributed by atoms with E-state index in [1.54, 1.807) is 12.3 Å². The summed E-state index contributed by atoms with van der Waals surface area (Å²) in [5.74, 6) is 0.286. The van der Waals surface area contributed by atoms with Crippen LogP contribution in [0.2, 0.25) is 23.3 Å². The molecule has 2 heterocycles. The number of hydrogen-bond acceptors (Lipinski definition) is 6. The Hall–Kier alpha value is -1.15. The van der Waals surface area contributed by atoms with Gasteiger partial charge in [-0.05, 0) is 30.6 Å². The molecule has 158 valence electrons. The van der Waals surface area contributed by atoms with Crippen LogP contribution in [-0.2, 0) is 10.1 Å². The Morgan fingerprint density at radius 1 is 1.29 bits per heavy atom. The normalized spacial score (nSPS) is 22.1. The van der Waals surface area contributed by atoms with Crippen molar-refractivity contribution in [1.82, 2.24) is 4.98 Å². The van der Waals surface area contributed by atoms with Gasteiger partial charge in [0.25, 0.3) is 0 Å². The average molecular weight is 426 g/mol. The fourth-order valence-electron chi connectivity index (χ4n) is 3.22. The van der Waals surface area contributed by atoms with Gasteiger partial charge in [-0.2, -0.15) is 0 Å². The number of nitrogens with one attached hydrogen (secondary N) is 1. The summed E-state index contributed by atoms with van der Waals surface area (Å²) in [4.78, 5) is 8.86. The van der Waals surface area contributed by atoms with Crippen molar-refractivity contribution in [2.24, 2.45) is 21.9 Å². The van der Waals surface area contributed by atoms with Crippen LogP contribution in [0.1, 0.15) is 59.4 Å². The van der Waals surface area contributed by atoms with Crippen LogP contribution in [0.4, 0.5) is 5.69 Å². The number of aromatic nitrogens is 1. The number of guanidine groups is 1. The zero-order valence-electron chi connectivity index (χ0n) is 18.3. The molecule has 2 unspecified atom stereocenters. The van der Waals surface area contributed by atoms with Gasteiger partial charge < -0.3 is 21.2 Å². The molecule has 1 aromatic rings. The Kier molecular flexibility index (Phi) is 6.55. The first-order chi connectivity index (χ1) is 12.8. The molecule has 2 atom stereocenters. The maximum absolute atomic E-state index is 7.03. The summed E-state index contributed by atoms with van der Waals surface area (Å²) in [7, 11) is -1.96. The van der Waals surface area contributed by atoms with Gasteiger partial charge in [0, 0.05) is 17.6 Å². The van der Waals surface area contributed by atoms with Crippen LogP contribution in [0.25, 0.3) is 0 Å². The number of unbranched alkanes of at least 4 members (excludes halogenated alkanes) is 1. The van der Waals surface area contributed by atoms with Crippen molar-refractivity contribution in [2.75, 3.05) is 11.9 Å². The molecule has 1 aliphatic rings. The highest BCUT2D eigenvalue weighted by Crippen LogP contribution is 2.48. The number of pyridine rings is 1. The summed E-state index contributed by atoms with van der Waals surface area (Å²) in [6.07, 6.45) is 4.61. The Labute approximate surface area is 175 Å². The Bertz CT molecular complexity index is 749. The van der Waals surface area contributed by atoms with Crippen molar-refractivity contribution in [1.29, 1.82) is 0 Å². The Balaban J connectivity index is 2.51. The van der Waals surface area contributed by atoms with E-state index in [1.807, 2.05) is 0 Å². The van der Waals surface area contributed by atoms with Gasteiger partial charge in [-0.3, -0.25) is 0 Å². The number of hydrogen-bond donors (Lipinski definition) is 3. The summed E-state index contributed by atoms with van der Waals surface area (Å²) < 4.78 is 6.63. The number of anilines is 1. The predicted molar refractivity (Wildman–Crippen MR) is 121 cm³/mol. The van der Waals surface area contributed by atoms with E-state index in [-0.39, 0.29) is 11.0 Å². The maximum atomic E-state index is 7.03. The Morgan fingerprint density at radius 3 is 2.50 bits per heavy atom. The van der Waals surface area contributed by atoms with E-state index < -0.39 is 19.4 Å². The van der Waals surface area contributed by atoms with Crippen molar-refractivity contribution in [3.63, 3.8) is 0 Å². The molecule has 6 nitrogen and oxygen atoms in total.